The van der Waals surface area contributed by atoms with E-state index in [1.165, 1.54) is 10.9 Å². The lowest BCUT2D eigenvalue weighted by Crippen LogP contribution is -2.33. The molecule has 1 aromatic carbocycles. The van der Waals surface area contributed by atoms with Crippen molar-refractivity contribution in [3.8, 4) is 0 Å². The minimum absolute atomic E-state index is 0.179. The number of aryl methyl sites for hydroxylation is 1. The zero-order valence-corrected chi connectivity index (χ0v) is 11.3. The summed E-state index contributed by atoms with van der Waals surface area (Å²) in [5.74, 6) is 0.179. The Morgan fingerprint density at radius 2 is 1.94 bits per heavy atom. The van der Waals surface area contributed by atoms with Crippen LogP contribution in [0.1, 0.15) is 19.4 Å². The number of aromatic nitrogens is 1. The molecule has 0 saturated heterocycles. The maximum absolute atomic E-state index is 12.1. The molecule has 2 aromatic rings. The van der Waals surface area contributed by atoms with Crippen LogP contribution in [0, 0.1) is 6.92 Å². The fourth-order valence-corrected chi connectivity index (χ4v) is 2.28. The normalized spacial score (nSPS) is 10.8. The Morgan fingerprint density at radius 1 is 1.22 bits per heavy atom. The topological polar surface area (TPSA) is 25.2 Å². The van der Waals surface area contributed by atoms with E-state index in [0.29, 0.717) is 6.54 Å². The van der Waals surface area contributed by atoms with Crippen LogP contribution in [-0.2, 0) is 11.3 Å². The van der Waals surface area contributed by atoms with Crippen molar-refractivity contribution in [2.24, 2.45) is 0 Å². The van der Waals surface area contributed by atoms with Crippen LogP contribution in [0.2, 0.25) is 0 Å². The molecule has 0 aliphatic heterocycles. The summed E-state index contributed by atoms with van der Waals surface area (Å²) in [4.78, 5) is 13.9. The Bertz CT molecular complexity index is 553. The summed E-state index contributed by atoms with van der Waals surface area (Å²) in [5, 5.41) is 1.20. The van der Waals surface area contributed by atoms with Gasteiger partial charge >= 0.3 is 0 Å². The van der Waals surface area contributed by atoms with Gasteiger partial charge in [0.15, 0.2) is 0 Å². The van der Waals surface area contributed by atoms with Crippen molar-refractivity contribution in [3.63, 3.8) is 0 Å². The molecule has 0 aliphatic rings. The molecule has 3 nitrogen and oxygen atoms in total. The number of rotatable bonds is 4. The average Bonchev–Trinajstić information content (AvgIpc) is 2.73. The third kappa shape index (κ3) is 2.40. The number of hydrogen-bond donors (Lipinski definition) is 0. The Balaban J connectivity index is 2.24. The van der Waals surface area contributed by atoms with E-state index in [4.69, 9.17) is 0 Å². The van der Waals surface area contributed by atoms with Crippen molar-refractivity contribution in [2.45, 2.75) is 27.3 Å². The Morgan fingerprint density at radius 3 is 2.61 bits per heavy atom. The molecule has 0 unspecified atom stereocenters. The molecule has 1 aromatic heterocycles. The molecule has 2 rings (SSSR count). The molecular weight excluding hydrogens is 224 g/mol. The quantitative estimate of drug-likeness (QED) is 0.812. The first-order valence-electron chi connectivity index (χ1n) is 6.49. The number of carbonyl (C=O) groups excluding carboxylic acids is 1. The predicted molar refractivity (Wildman–Crippen MR) is 74.6 cm³/mol. The van der Waals surface area contributed by atoms with Crippen molar-refractivity contribution >= 4 is 16.8 Å². The van der Waals surface area contributed by atoms with E-state index in [9.17, 15) is 4.79 Å². The second kappa shape index (κ2) is 5.25. The van der Waals surface area contributed by atoms with Gasteiger partial charge in [0.2, 0.25) is 5.91 Å². The fourth-order valence-electron chi connectivity index (χ4n) is 2.28. The second-order valence-electron chi connectivity index (χ2n) is 4.57. The zero-order chi connectivity index (χ0) is 13.1. The summed E-state index contributed by atoms with van der Waals surface area (Å²) in [7, 11) is 0. The van der Waals surface area contributed by atoms with Gasteiger partial charge < -0.3 is 9.47 Å². The van der Waals surface area contributed by atoms with E-state index in [1.54, 1.807) is 0 Å². The molecule has 1 heterocycles. The summed E-state index contributed by atoms with van der Waals surface area (Å²) in [6, 6.07) is 8.38. The molecule has 0 fully saturated rings. The number of nitrogens with zero attached hydrogens (tertiary/aromatic N) is 2. The highest BCUT2D eigenvalue weighted by Gasteiger charge is 2.11. The van der Waals surface area contributed by atoms with E-state index in [-0.39, 0.29) is 5.91 Å². The van der Waals surface area contributed by atoms with Gasteiger partial charge in [-0.2, -0.15) is 0 Å². The van der Waals surface area contributed by atoms with Gasteiger partial charge in [0, 0.05) is 24.8 Å². The van der Waals surface area contributed by atoms with Gasteiger partial charge in [-0.25, -0.2) is 0 Å². The van der Waals surface area contributed by atoms with E-state index in [0.717, 1.165) is 18.6 Å². The van der Waals surface area contributed by atoms with Crippen molar-refractivity contribution in [3.05, 3.63) is 36.0 Å². The number of hydrogen-bond acceptors (Lipinski definition) is 1. The number of benzene rings is 1. The molecule has 3 heteroatoms. The highest BCUT2D eigenvalue weighted by molar-refractivity contribution is 5.83. The van der Waals surface area contributed by atoms with Crippen LogP contribution in [0.15, 0.2) is 30.5 Å². The molecule has 96 valence electrons. The van der Waals surface area contributed by atoms with Gasteiger partial charge in [-0.1, -0.05) is 11.6 Å². The number of fused-ring (bicyclic) bond motifs is 1. The van der Waals surface area contributed by atoms with Crippen molar-refractivity contribution in [1.29, 1.82) is 0 Å². The third-order valence-corrected chi connectivity index (χ3v) is 3.35. The summed E-state index contributed by atoms with van der Waals surface area (Å²) in [6.07, 6.45) is 1.99. The zero-order valence-electron chi connectivity index (χ0n) is 11.3. The number of carbonyl (C=O) groups is 1. The molecule has 0 N–H and O–H groups in total. The molecule has 0 radical (unpaired) electrons. The monoisotopic (exact) mass is 244 g/mol. The summed E-state index contributed by atoms with van der Waals surface area (Å²) >= 11 is 0. The lowest BCUT2D eigenvalue weighted by molar-refractivity contribution is -0.131. The van der Waals surface area contributed by atoms with Crippen LogP contribution in [0.4, 0.5) is 0 Å². The highest BCUT2D eigenvalue weighted by Crippen LogP contribution is 2.17. The van der Waals surface area contributed by atoms with E-state index >= 15 is 0 Å². The van der Waals surface area contributed by atoms with Crippen molar-refractivity contribution in [2.75, 3.05) is 13.1 Å². The third-order valence-electron chi connectivity index (χ3n) is 3.35. The van der Waals surface area contributed by atoms with Gasteiger partial charge in [0.05, 0.1) is 0 Å². The van der Waals surface area contributed by atoms with Gasteiger partial charge in [-0.05, 0) is 44.4 Å². The van der Waals surface area contributed by atoms with Gasteiger partial charge in [0.25, 0.3) is 0 Å². The van der Waals surface area contributed by atoms with Crippen LogP contribution in [0.25, 0.3) is 10.9 Å². The minimum atomic E-state index is 0.179. The maximum atomic E-state index is 12.1. The average molecular weight is 244 g/mol. The van der Waals surface area contributed by atoms with Crippen molar-refractivity contribution < 1.29 is 4.79 Å². The van der Waals surface area contributed by atoms with Crippen molar-refractivity contribution in [1.82, 2.24) is 9.47 Å². The molecule has 0 atom stereocenters. The second-order valence-corrected chi connectivity index (χ2v) is 4.57. The standard InChI is InChI=1S/C15H20N2O/c1-4-16(5-2)15(18)11-17-9-8-13-10-12(3)6-7-14(13)17/h6-10H,4-5,11H2,1-3H3. The largest absolute Gasteiger partial charge is 0.342 e. The van der Waals surface area contributed by atoms with E-state index in [2.05, 4.69) is 31.2 Å². The van der Waals surface area contributed by atoms with Gasteiger partial charge in [0.1, 0.15) is 6.54 Å². The van der Waals surface area contributed by atoms with Gasteiger partial charge in [-0.3, -0.25) is 4.79 Å². The van der Waals surface area contributed by atoms with E-state index < -0.39 is 0 Å². The van der Waals surface area contributed by atoms with Crippen LogP contribution >= 0.6 is 0 Å². The van der Waals surface area contributed by atoms with Crippen LogP contribution in [0.3, 0.4) is 0 Å². The molecule has 0 saturated carbocycles. The molecule has 0 spiro atoms. The summed E-state index contributed by atoms with van der Waals surface area (Å²) < 4.78 is 2.02. The molecule has 0 aliphatic carbocycles. The molecular formula is C15H20N2O. The lowest BCUT2D eigenvalue weighted by atomic mass is 10.2. The fraction of sp³-hybridized carbons (Fsp3) is 0.400. The summed E-state index contributed by atoms with van der Waals surface area (Å²) in [6.45, 7) is 8.07. The van der Waals surface area contributed by atoms with Crippen LogP contribution < -0.4 is 0 Å². The predicted octanol–water partition coefficient (Wildman–Crippen LogP) is 2.82. The molecule has 18 heavy (non-hydrogen) atoms. The molecule has 1 amide bonds. The van der Waals surface area contributed by atoms with Crippen LogP contribution in [0.5, 0.6) is 0 Å². The molecule has 0 bridgehead atoms. The Labute approximate surface area is 108 Å². The van der Waals surface area contributed by atoms with E-state index in [1.807, 2.05) is 29.5 Å². The Kier molecular flexibility index (Phi) is 3.70. The SMILES string of the molecule is CCN(CC)C(=O)Cn1ccc2cc(C)ccc21. The minimum Gasteiger partial charge on any atom is -0.342 e. The Hall–Kier alpha value is -1.77. The first-order valence-corrected chi connectivity index (χ1v) is 6.49. The first-order chi connectivity index (χ1) is 8.65. The number of amides is 1. The van der Waals surface area contributed by atoms with Crippen LogP contribution in [-0.4, -0.2) is 28.5 Å². The smallest absolute Gasteiger partial charge is 0.242 e. The maximum Gasteiger partial charge on any atom is 0.242 e. The highest BCUT2D eigenvalue weighted by atomic mass is 16.2. The lowest BCUT2D eigenvalue weighted by Gasteiger charge is -2.19. The first kappa shape index (κ1) is 12.7. The summed E-state index contributed by atoms with van der Waals surface area (Å²) in [5.41, 5.74) is 2.37. The van der Waals surface area contributed by atoms with Gasteiger partial charge in [-0.15, -0.1) is 0 Å². The number of likely N-dealkylation sites (N-methyl/N-ethyl adjacent to an activating group) is 1.